The molecule has 0 aliphatic rings. The molecule has 0 atom stereocenters. The van der Waals surface area contributed by atoms with Crippen LogP contribution in [0.25, 0.3) is 0 Å². The van der Waals surface area contributed by atoms with Gasteiger partial charge in [-0.1, -0.05) is 37.0 Å². The Morgan fingerprint density at radius 3 is 2.40 bits per heavy atom. The number of halogens is 2. The molecule has 6 heteroatoms. The van der Waals surface area contributed by atoms with Gasteiger partial charge in [0.25, 0.3) is 0 Å². The van der Waals surface area contributed by atoms with E-state index < -0.39 is 0 Å². The topological polar surface area (TPSA) is 56.8 Å². The second-order valence-electron chi connectivity index (χ2n) is 6.02. The fourth-order valence-corrected chi connectivity index (χ4v) is 2.56. The summed E-state index contributed by atoms with van der Waals surface area (Å²) in [6, 6.07) is 9.00. The number of benzene rings is 2. The summed E-state index contributed by atoms with van der Waals surface area (Å²) in [6.45, 7) is 4.98. The van der Waals surface area contributed by atoms with Crippen molar-refractivity contribution in [2.45, 2.75) is 20.3 Å². The Balaban J connectivity index is 2.14. The molecule has 0 heterocycles. The van der Waals surface area contributed by atoms with Gasteiger partial charge in [0.2, 0.25) is 0 Å². The zero-order valence-corrected chi connectivity index (χ0v) is 16.1. The number of anilines is 1. The molecule has 134 valence electrons. The molecule has 0 spiro atoms. The van der Waals surface area contributed by atoms with Gasteiger partial charge in [-0.3, -0.25) is 4.99 Å². The van der Waals surface area contributed by atoms with Gasteiger partial charge >= 0.3 is 0 Å². The zero-order chi connectivity index (χ0) is 18.4. The van der Waals surface area contributed by atoms with Crippen molar-refractivity contribution < 1.29 is 9.47 Å². The van der Waals surface area contributed by atoms with E-state index >= 15 is 0 Å². The summed E-state index contributed by atoms with van der Waals surface area (Å²) in [6.07, 6.45) is 2.70. The zero-order valence-electron chi connectivity index (χ0n) is 14.6. The predicted octanol–water partition coefficient (Wildman–Crippen LogP) is 5.76. The normalized spacial score (nSPS) is 11.3. The fraction of sp³-hybridized carbons (Fsp3) is 0.316. The smallest absolute Gasteiger partial charge is 0.161 e. The molecule has 0 saturated carbocycles. The van der Waals surface area contributed by atoms with Crippen molar-refractivity contribution >= 4 is 40.8 Å². The fourth-order valence-electron chi connectivity index (χ4n) is 2.08. The molecule has 0 saturated heterocycles. The number of nitrogens with two attached hydrogens (primary N) is 1. The monoisotopic (exact) mass is 380 g/mol. The third-order valence-electron chi connectivity index (χ3n) is 3.57. The van der Waals surface area contributed by atoms with E-state index in [1.807, 2.05) is 18.2 Å². The van der Waals surface area contributed by atoms with Crippen LogP contribution in [0.1, 0.15) is 25.8 Å². The molecule has 0 fully saturated rings. The highest BCUT2D eigenvalue weighted by Gasteiger charge is 2.07. The molecule has 0 aromatic heterocycles. The molecule has 2 N–H and O–H groups in total. The molecule has 25 heavy (non-hydrogen) atoms. The molecule has 4 nitrogen and oxygen atoms in total. The van der Waals surface area contributed by atoms with Gasteiger partial charge in [-0.25, -0.2) is 0 Å². The van der Waals surface area contributed by atoms with Gasteiger partial charge in [0, 0.05) is 6.21 Å². The van der Waals surface area contributed by atoms with E-state index in [0.29, 0.717) is 39.7 Å². The van der Waals surface area contributed by atoms with E-state index in [0.717, 1.165) is 17.7 Å². The Kier molecular flexibility index (Phi) is 6.97. The van der Waals surface area contributed by atoms with Gasteiger partial charge in [-0.2, -0.15) is 0 Å². The highest BCUT2D eigenvalue weighted by Crippen LogP contribution is 2.33. The maximum Gasteiger partial charge on any atom is 0.161 e. The molecule has 0 radical (unpaired) electrons. The minimum absolute atomic E-state index is 0.354. The maximum atomic E-state index is 6.02. The van der Waals surface area contributed by atoms with Crippen LogP contribution in [0.4, 0.5) is 11.4 Å². The molecule has 0 bridgehead atoms. The van der Waals surface area contributed by atoms with Gasteiger partial charge in [-0.15, -0.1) is 0 Å². The molecule has 0 aliphatic heterocycles. The molecule has 2 rings (SSSR count). The number of ether oxygens (including phenoxy) is 2. The standard InChI is InChI=1S/C19H22Cl2N2O2/c1-12(2)6-7-25-17-5-4-13(8-18(17)24-3)11-23-14-9-15(20)19(22)16(21)10-14/h4-5,8-12H,6-7,22H2,1-3H3. The average Bonchev–Trinajstić information content (AvgIpc) is 2.58. The van der Waals surface area contributed by atoms with E-state index in [-0.39, 0.29) is 0 Å². The highest BCUT2D eigenvalue weighted by atomic mass is 35.5. The summed E-state index contributed by atoms with van der Waals surface area (Å²) in [7, 11) is 1.62. The second-order valence-corrected chi connectivity index (χ2v) is 6.84. The number of hydrogen-bond acceptors (Lipinski definition) is 4. The first-order chi connectivity index (χ1) is 11.9. The van der Waals surface area contributed by atoms with Crippen molar-refractivity contribution in [3.8, 4) is 11.5 Å². The van der Waals surface area contributed by atoms with E-state index in [9.17, 15) is 0 Å². The Bertz CT molecular complexity index is 738. The summed E-state index contributed by atoms with van der Waals surface area (Å²) in [5.74, 6) is 1.98. The van der Waals surface area contributed by atoms with Crippen LogP contribution in [0.15, 0.2) is 35.3 Å². The van der Waals surface area contributed by atoms with Gasteiger partial charge in [0.05, 0.1) is 35.1 Å². The van der Waals surface area contributed by atoms with Crippen LogP contribution in [0, 0.1) is 5.92 Å². The number of nitrogens with zero attached hydrogens (tertiary/aromatic N) is 1. The first-order valence-electron chi connectivity index (χ1n) is 8.00. The van der Waals surface area contributed by atoms with Crippen LogP contribution >= 0.6 is 23.2 Å². The molecule has 0 unspecified atom stereocenters. The van der Waals surface area contributed by atoms with Gasteiger partial charge in [0.1, 0.15) is 0 Å². The highest BCUT2D eigenvalue weighted by molar-refractivity contribution is 6.39. The number of nitrogen functional groups attached to an aromatic ring is 1. The number of methoxy groups -OCH3 is 1. The average molecular weight is 381 g/mol. The van der Waals surface area contributed by atoms with Crippen LogP contribution in [0.2, 0.25) is 10.0 Å². The lowest BCUT2D eigenvalue weighted by molar-refractivity contribution is 0.273. The number of rotatable bonds is 7. The summed E-state index contributed by atoms with van der Waals surface area (Å²) in [4.78, 5) is 4.38. The van der Waals surface area contributed by atoms with Crippen LogP contribution in [0.3, 0.4) is 0 Å². The molecular formula is C19H22Cl2N2O2. The first-order valence-corrected chi connectivity index (χ1v) is 8.75. The largest absolute Gasteiger partial charge is 0.493 e. The lowest BCUT2D eigenvalue weighted by Gasteiger charge is -2.12. The van der Waals surface area contributed by atoms with Crippen molar-refractivity contribution in [2.75, 3.05) is 19.5 Å². The molecular weight excluding hydrogens is 359 g/mol. The summed E-state index contributed by atoms with van der Waals surface area (Å²) in [5.41, 5.74) is 7.58. The molecule has 2 aromatic carbocycles. The van der Waals surface area contributed by atoms with E-state index in [2.05, 4.69) is 18.8 Å². The SMILES string of the molecule is COc1cc(C=Nc2cc(Cl)c(N)c(Cl)c2)ccc1OCCC(C)C. The van der Waals surface area contributed by atoms with Crippen molar-refractivity contribution in [2.24, 2.45) is 10.9 Å². The second kappa shape index (κ2) is 8.97. The van der Waals surface area contributed by atoms with Crippen molar-refractivity contribution in [3.63, 3.8) is 0 Å². The Labute approximate surface area is 158 Å². The van der Waals surface area contributed by atoms with Gasteiger partial charge in [0.15, 0.2) is 11.5 Å². The van der Waals surface area contributed by atoms with Crippen molar-refractivity contribution in [1.82, 2.24) is 0 Å². The minimum atomic E-state index is 0.354. The van der Waals surface area contributed by atoms with E-state index in [1.54, 1.807) is 25.5 Å². The van der Waals surface area contributed by atoms with Crippen molar-refractivity contribution in [3.05, 3.63) is 45.9 Å². The van der Waals surface area contributed by atoms with Crippen LogP contribution in [0.5, 0.6) is 11.5 Å². The summed E-state index contributed by atoms with van der Waals surface area (Å²) < 4.78 is 11.2. The molecule has 0 aliphatic carbocycles. The number of hydrogen-bond donors (Lipinski definition) is 1. The predicted molar refractivity (Wildman–Crippen MR) is 106 cm³/mol. The molecule has 0 amide bonds. The van der Waals surface area contributed by atoms with Crippen molar-refractivity contribution in [1.29, 1.82) is 0 Å². The maximum absolute atomic E-state index is 6.02. The Morgan fingerprint density at radius 1 is 1.12 bits per heavy atom. The van der Waals surface area contributed by atoms with Gasteiger partial charge < -0.3 is 15.2 Å². The van der Waals surface area contributed by atoms with Crippen LogP contribution in [-0.4, -0.2) is 19.9 Å². The third kappa shape index (κ3) is 5.55. The number of aliphatic imine (C=N–C) groups is 1. The van der Waals surface area contributed by atoms with E-state index in [1.165, 1.54) is 0 Å². The van der Waals surface area contributed by atoms with Crippen LogP contribution in [-0.2, 0) is 0 Å². The third-order valence-corrected chi connectivity index (χ3v) is 4.19. The van der Waals surface area contributed by atoms with E-state index in [4.69, 9.17) is 38.4 Å². The Morgan fingerprint density at radius 2 is 1.80 bits per heavy atom. The Hall–Kier alpha value is -1.91. The molecule has 2 aromatic rings. The minimum Gasteiger partial charge on any atom is -0.493 e. The quantitative estimate of drug-likeness (QED) is 0.490. The van der Waals surface area contributed by atoms with Crippen LogP contribution < -0.4 is 15.2 Å². The summed E-state index contributed by atoms with van der Waals surface area (Å²) >= 11 is 12.0. The lowest BCUT2D eigenvalue weighted by atomic mass is 10.1. The summed E-state index contributed by atoms with van der Waals surface area (Å²) in [5, 5.41) is 0.761. The van der Waals surface area contributed by atoms with Gasteiger partial charge in [-0.05, 0) is 48.2 Å². The lowest BCUT2D eigenvalue weighted by Crippen LogP contribution is -2.02. The first kappa shape index (κ1) is 19.4.